The maximum absolute atomic E-state index is 8.94. The number of hydrogen-bond acceptors (Lipinski definition) is 4. The number of hydrogen-bond donors (Lipinski definition) is 0. The lowest BCUT2D eigenvalue weighted by Crippen LogP contribution is -2.47. The monoisotopic (exact) mass is 380 g/mol. The molecule has 1 atom stereocenters. The molecule has 0 N–H and O–H groups in total. The second-order valence-corrected chi connectivity index (χ2v) is 7.60. The van der Waals surface area contributed by atoms with Gasteiger partial charge in [0.1, 0.15) is 0 Å². The molecule has 28 heavy (non-hydrogen) atoms. The van der Waals surface area contributed by atoms with Gasteiger partial charge in [-0.05, 0) is 18.6 Å². The van der Waals surface area contributed by atoms with Gasteiger partial charge in [-0.2, -0.15) is 5.26 Å². The summed E-state index contributed by atoms with van der Waals surface area (Å²) < 4.78 is 14.4. The van der Waals surface area contributed by atoms with Crippen molar-refractivity contribution in [3.05, 3.63) is 59.9 Å². The van der Waals surface area contributed by atoms with E-state index in [1.807, 2.05) is 12.1 Å². The number of benzene rings is 1. The van der Waals surface area contributed by atoms with Gasteiger partial charge >= 0.3 is 0 Å². The minimum Gasteiger partial charge on any atom is -0.377 e. The summed E-state index contributed by atoms with van der Waals surface area (Å²) in [6.45, 7) is 3.56. The van der Waals surface area contributed by atoms with Gasteiger partial charge in [0.25, 0.3) is 0 Å². The van der Waals surface area contributed by atoms with E-state index in [1.54, 1.807) is 12.1 Å². The van der Waals surface area contributed by atoms with Crippen LogP contribution in [0.5, 0.6) is 0 Å². The van der Waals surface area contributed by atoms with E-state index in [2.05, 4.69) is 61.1 Å². The summed E-state index contributed by atoms with van der Waals surface area (Å²) in [5, 5.41) is 8.94. The molecule has 1 aromatic heterocycles. The van der Waals surface area contributed by atoms with Crippen molar-refractivity contribution >= 4 is 5.69 Å². The maximum atomic E-state index is 8.94. The fraction of sp³-hybridized carbons (Fsp3) is 0.478. The SMILES string of the molecule is CCCCC(C1COC(c2ccc(C#N)cc2)OC1)[n+]1ccc(N(C)C)cc1. The predicted molar refractivity (Wildman–Crippen MR) is 109 cm³/mol. The zero-order valence-electron chi connectivity index (χ0n) is 17.0. The highest BCUT2D eigenvalue weighted by Crippen LogP contribution is 2.30. The van der Waals surface area contributed by atoms with E-state index in [9.17, 15) is 0 Å². The molecule has 1 aliphatic heterocycles. The number of nitriles is 1. The Morgan fingerprint density at radius 3 is 2.29 bits per heavy atom. The van der Waals surface area contributed by atoms with E-state index in [0.29, 0.717) is 30.7 Å². The van der Waals surface area contributed by atoms with Crippen molar-refractivity contribution in [3.63, 3.8) is 0 Å². The van der Waals surface area contributed by atoms with Crippen LogP contribution in [0.1, 0.15) is 49.6 Å². The summed E-state index contributed by atoms with van der Waals surface area (Å²) in [6, 6.07) is 14.2. The second kappa shape index (κ2) is 9.68. The van der Waals surface area contributed by atoms with Crippen LogP contribution in [0.3, 0.4) is 0 Å². The van der Waals surface area contributed by atoms with Crippen molar-refractivity contribution < 1.29 is 14.0 Å². The third-order valence-electron chi connectivity index (χ3n) is 5.37. The first-order valence-electron chi connectivity index (χ1n) is 10.0. The largest absolute Gasteiger partial charge is 0.377 e. The van der Waals surface area contributed by atoms with E-state index in [4.69, 9.17) is 14.7 Å². The fourth-order valence-electron chi connectivity index (χ4n) is 3.64. The average Bonchev–Trinajstić information content (AvgIpc) is 2.75. The molecule has 2 aromatic rings. The van der Waals surface area contributed by atoms with Gasteiger partial charge in [-0.25, -0.2) is 4.57 Å². The number of rotatable bonds is 7. The Kier molecular flexibility index (Phi) is 7.02. The average molecular weight is 381 g/mol. The van der Waals surface area contributed by atoms with Gasteiger partial charge in [0.05, 0.1) is 30.8 Å². The van der Waals surface area contributed by atoms with E-state index in [1.165, 1.54) is 18.5 Å². The molecule has 1 fully saturated rings. The first kappa shape index (κ1) is 20.3. The van der Waals surface area contributed by atoms with Gasteiger partial charge < -0.3 is 14.4 Å². The van der Waals surface area contributed by atoms with Crippen molar-refractivity contribution in [2.24, 2.45) is 5.92 Å². The molecule has 3 rings (SSSR count). The van der Waals surface area contributed by atoms with E-state index >= 15 is 0 Å². The number of ether oxygens (including phenoxy) is 2. The molecule has 2 heterocycles. The molecule has 5 heteroatoms. The fourth-order valence-corrected chi connectivity index (χ4v) is 3.64. The van der Waals surface area contributed by atoms with Crippen LogP contribution in [-0.4, -0.2) is 27.3 Å². The quantitative estimate of drug-likeness (QED) is 0.681. The van der Waals surface area contributed by atoms with Gasteiger partial charge in [0.2, 0.25) is 0 Å². The number of nitrogens with zero attached hydrogens (tertiary/aromatic N) is 3. The lowest BCUT2D eigenvalue weighted by Gasteiger charge is -2.32. The summed E-state index contributed by atoms with van der Waals surface area (Å²) in [5.74, 6) is 0.316. The molecule has 0 spiro atoms. The molecular weight excluding hydrogens is 350 g/mol. The summed E-state index contributed by atoms with van der Waals surface area (Å²) in [6.07, 6.45) is 7.46. The van der Waals surface area contributed by atoms with Crippen LogP contribution in [-0.2, 0) is 9.47 Å². The Bertz CT molecular complexity index is 773. The first-order chi connectivity index (χ1) is 13.6. The summed E-state index contributed by atoms with van der Waals surface area (Å²) in [4.78, 5) is 2.11. The summed E-state index contributed by atoms with van der Waals surface area (Å²) in [5.41, 5.74) is 2.81. The Hall–Kier alpha value is -2.42. The molecule has 0 aliphatic carbocycles. The van der Waals surface area contributed by atoms with Gasteiger partial charge in [-0.15, -0.1) is 0 Å². The van der Waals surface area contributed by atoms with E-state index in [0.717, 1.165) is 12.0 Å². The molecular formula is C23H30N3O2+. The molecule has 5 nitrogen and oxygen atoms in total. The lowest BCUT2D eigenvalue weighted by atomic mass is 9.95. The van der Waals surface area contributed by atoms with Gasteiger partial charge in [-0.3, -0.25) is 0 Å². The number of pyridine rings is 1. The molecule has 1 saturated heterocycles. The third kappa shape index (κ3) is 4.89. The van der Waals surface area contributed by atoms with Crippen LogP contribution >= 0.6 is 0 Å². The highest BCUT2D eigenvalue weighted by molar-refractivity contribution is 5.41. The predicted octanol–water partition coefficient (Wildman–Crippen LogP) is 4.00. The van der Waals surface area contributed by atoms with Crippen molar-refractivity contribution in [1.82, 2.24) is 0 Å². The third-order valence-corrected chi connectivity index (χ3v) is 5.37. The normalized spacial score (nSPS) is 20.4. The highest BCUT2D eigenvalue weighted by Gasteiger charge is 2.34. The zero-order valence-corrected chi connectivity index (χ0v) is 17.0. The topological polar surface area (TPSA) is 49.4 Å². The summed E-state index contributed by atoms with van der Waals surface area (Å²) in [7, 11) is 4.11. The Morgan fingerprint density at radius 1 is 1.11 bits per heavy atom. The highest BCUT2D eigenvalue weighted by atomic mass is 16.7. The number of unbranched alkanes of at least 4 members (excludes halogenated alkanes) is 1. The number of anilines is 1. The second-order valence-electron chi connectivity index (χ2n) is 7.60. The molecule has 148 valence electrons. The first-order valence-corrected chi connectivity index (χ1v) is 10.0. The zero-order chi connectivity index (χ0) is 19.9. The van der Waals surface area contributed by atoms with Crippen LogP contribution < -0.4 is 9.47 Å². The van der Waals surface area contributed by atoms with E-state index in [-0.39, 0.29) is 6.29 Å². The van der Waals surface area contributed by atoms with Crippen LogP contribution in [0, 0.1) is 17.2 Å². The van der Waals surface area contributed by atoms with Crippen molar-refractivity contribution in [2.45, 2.75) is 38.5 Å². The van der Waals surface area contributed by atoms with Gasteiger partial charge in [0.15, 0.2) is 24.7 Å². The maximum Gasteiger partial charge on any atom is 0.183 e. The molecule has 1 aliphatic rings. The Balaban J connectivity index is 1.67. The molecule has 0 radical (unpaired) electrons. The molecule has 0 bridgehead atoms. The molecule has 0 saturated carbocycles. The van der Waals surface area contributed by atoms with Gasteiger partial charge in [-0.1, -0.05) is 25.5 Å². The minimum atomic E-state index is -0.350. The number of aromatic nitrogens is 1. The van der Waals surface area contributed by atoms with Crippen molar-refractivity contribution in [3.8, 4) is 6.07 Å². The summed E-state index contributed by atoms with van der Waals surface area (Å²) >= 11 is 0. The molecule has 1 aromatic carbocycles. The Labute approximate surface area is 168 Å². The van der Waals surface area contributed by atoms with Crippen LogP contribution in [0.4, 0.5) is 5.69 Å². The smallest absolute Gasteiger partial charge is 0.183 e. The minimum absolute atomic E-state index is 0.316. The van der Waals surface area contributed by atoms with Crippen molar-refractivity contribution in [2.75, 3.05) is 32.2 Å². The van der Waals surface area contributed by atoms with Crippen LogP contribution in [0.2, 0.25) is 0 Å². The Morgan fingerprint density at radius 2 is 1.75 bits per heavy atom. The van der Waals surface area contributed by atoms with Crippen molar-refractivity contribution in [1.29, 1.82) is 5.26 Å². The molecule has 0 amide bonds. The van der Waals surface area contributed by atoms with Gasteiger partial charge in [0, 0.05) is 43.9 Å². The van der Waals surface area contributed by atoms with Crippen LogP contribution in [0.15, 0.2) is 48.8 Å². The van der Waals surface area contributed by atoms with E-state index < -0.39 is 0 Å². The molecule has 1 unspecified atom stereocenters. The standard InChI is InChI=1S/C23H30N3O2/c1-4-5-6-22(26-13-11-21(12-14-26)25(2)3)20-16-27-23(28-17-20)19-9-7-18(15-24)8-10-19/h7-14,20,22-23H,4-6,16-17H2,1-3H3/q+1. The lowest BCUT2D eigenvalue weighted by molar-refractivity contribution is -0.732. The van der Waals surface area contributed by atoms with Crippen LogP contribution in [0.25, 0.3) is 0 Å².